The first kappa shape index (κ1) is 17.9. The minimum absolute atomic E-state index is 0.129. The van der Waals surface area contributed by atoms with Crippen molar-refractivity contribution in [1.82, 2.24) is 14.9 Å². The van der Waals surface area contributed by atoms with Crippen molar-refractivity contribution in [2.45, 2.75) is 32.0 Å². The number of likely N-dealkylation sites (tertiary alicyclic amines) is 1. The average Bonchev–Trinajstić information content (AvgIpc) is 2.65. The summed E-state index contributed by atoms with van der Waals surface area (Å²) in [4.78, 5) is 11.2. The molecule has 4 N–H and O–H groups in total. The number of hydrogen-bond acceptors (Lipinski definition) is 6. The second-order valence-corrected chi connectivity index (χ2v) is 7.28. The number of rotatable bonds is 4. The summed E-state index contributed by atoms with van der Waals surface area (Å²) in [6, 6.07) is 14.2. The fourth-order valence-electron chi connectivity index (χ4n) is 3.67. The molecule has 0 amide bonds. The van der Waals surface area contributed by atoms with Crippen LogP contribution in [0.1, 0.15) is 17.5 Å². The van der Waals surface area contributed by atoms with Crippen LogP contribution in [-0.4, -0.2) is 45.2 Å². The molecule has 0 saturated carbocycles. The molecule has 3 aromatic rings. The second kappa shape index (κ2) is 7.60. The van der Waals surface area contributed by atoms with Gasteiger partial charge in [0.15, 0.2) is 0 Å². The van der Waals surface area contributed by atoms with Gasteiger partial charge in [-0.1, -0.05) is 24.3 Å². The highest BCUT2D eigenvalue weighted by Gasteiger charge is 2.25. The van der Waals surface area contributed by atoms with Gasteiger partial charge < -0.3 is 16.2 Å². The fraction of sp³-hybridized carbons (Fsp3) is 0.333. The number of aryl methyl sites for hydroxylation is 1. The average molecular weight is 363 g/mol. The van der Waals surface area contributed by atoms with Gasteiger partial charge in [0.1, 0.15) is 12.1 Å². The Morgan fingerprint density at radius 3 is 2.89 bits per heavy atom. The van der Waals surface area contributed by atoms with Gasteiger partial charge in [0.25, 0.3) is 0 Å². The molecule has 6 heteroatoms. The molecule has 2 heterocycles. The van der Waals surface area contributed by atoms with Crippen molar-refractivity contribution in [3.8, 4) is 0 Å². The molecular formula is C21H25N5O. The molecule has 2 atom stereocenters. The lowest BCUT2D eigenvalue weighted by Gasteiger charge is -2.34. The summed E-state index contributed by atoms with van der Waals surface area (Å²) in [5.41, 5.74) is 10.2. The number of benzene rings is 2. The van der Waals surface area contributed by atoms with Crippen LogP contribution in [0.5, 0.6) is 0 Å². The molecule has 0 radical (unpaired) electrons. The maximum Gasteiger partial charge on any atom is 0.142 e. The van der Waals surface area contributed by atoms with E-state index >= 15 is 0 Å². The number of aliphatic hydroxyl groups is 1. The standard InChI is InChI=1S/C21H25N5O/c1-14-4-2-6-16(10-14)25-21-20-15(5-3-7-18(20)23-13-24-21)11-26-9-8-17(22)19(27)12-26/h2-7,10,13,17,19,27H,8-9,11-12,22H2,1H3,(H,23,24,25)/t17-,19-/m1/s1. The Bertz CT molecular complexity index is 940. The van der Waals surface area contributed by atoms with E-state index in [1.54, 1.807) is 6.33 Å². The SMILES string of the molecule is Cc1cccc(Nc2ncnc3cccc(CN4CC[C@@H](N)[C@H](O)C4)c23)c1. The number of anilines is 2. The molecule has 140 valence electrons. The number of hydrogen-bond donors (Lipinski definition) is 3. The molecule has 0 aliphatic carbocycles. The number of piperidine rings is 1. The van der Waals surface area contributed by atoms with Gasteiger partial charge in [0, 0.05) is 36.7 Å². The maximum absolute atomic E-state index is 10.1. The lowest BCUT2D eigenvalue weighted by atomic mass is 10.0. The first-order valence-corrected chi connectivity index (χ1v) is 9.32. The summed E-state index contributed by atoms with van der Waals surface area (Å²) in [6.45, 7) is 4.27. The Kier molecular flexibility index (Phi) is 5.03. The summed E-state index contributed by atoms with van der Waals surface area (Å²) in [5.74, 6) is 0.801. The summed E-state index contributed by atoms with van der Waals surface area (Å²) in [7, 11) is 0. The Labute approximate surface area is 159 Å². The lowest BCUT2D eigenvalue weighted by Crippen LogP contribution is -2.50. The molecule has 1 aliphatic heterocycles. The third-order valence-corrected chi connectivity index (χ3v) is 5.14. The van der Waals surface area contributed by atoms with Crippen molar-refractivity contribution in [2.24, 2.45) is 5.73 Å². The molecule has 27 heavy (non-hydrogen) atoms. The Morgan fingerprint density at radius 1 is 1.22 bits per heavy atom. The summed E-state index contributed by atoms with van der Waals surface area (Å²) < 4.78 is 0. The van der Waals surface area contributed by atoms with Gasteiger partial charge in [-0.25, -0.2) is 9.97 Å². The Balaban J connectivity index is 1.67. The van der Waals surface area contributed by atoms with E-state index in [2.05, 4.69) is 45.3 Å². The lowest BCUT2D eigenvalue weighted by molar-refractivity contribution is 0.0501. The molecule has 0 unspecified atom stereocenters. The van der Waals surface area contributed by atoms with E-state index in [-0.39, 0.29) is 6.04 Å². The smallest absolute Gasteiger partial charge is 0.142 e. The molecule has 4 rings (SSSR count). The van der Waals surface area contributed by atoms with Gasteiger partial charge in [-0.3, -0.25) is 4.90 Å². The zero-order valence-corrected chi connectivity index (χ0v) is 15.5. The van der Waals surface area contributed by atoms with Crippen LogP contribution in [0.3, 0.4) is 0 Å². The van der Waals surface area contributed by atoms with Crippen LogP contribution in [-0.2, 0) is 6.54 Å². The molecule has 1 aliphatic rings. The quantitative estimate of drug-likeness (QED) is 0.660. The van der Waals surface area contributed by atoms with E-state index in [0.717, 1.165) is 47.5 Å². The van der Waals surface area contributed by atoms with E-state index in [0.29, 0.717) is 6.54 Å². The molecule has 0 bridgehead atoms. The maximum atomic E-state index is 10.1. The second-order valence-electron chi connectivity index (χ2n) is 7.28. The van der Waals surface area contributed by atoms with Gasteiger partial charge in [0.05, 0.1) is 11.6 Å². The number of nitrogens with two attached hydrogens (primary N) is 1. The largest absolute Gasteiger partial charge is 0.390 e. The number of nitrogens with zero attached hydrogens (tertiary/aromatic N) is 3. The number of nitrogens with one attached hydrogen (secondary N) is 1. The fourth-order valence-corrected chi connectivity index (χ4v) is 3.67. The van der Waals surface area contributed by atoms with Crippen molar-refractivity contribution >= 4 is 22.4 Å². The molecule has 1 fully saturated rings. The van der Waals surface area contributed by atoms with E-state index in [1.807, 2.05) is 24.3 Å². The number of fused-ring (bicyclic) bond motifs is 1. The minimum atomic E-state index is -0.477. The molecule has 2 aromatic carbocycles. The van der Waals surface area contributed by atoms with E-state index in [9.17, 15) is 5.11 Å². The van der Waals surface area contributed by atoms with E-state index < -0.39 is 6.10 Å². The van der Waals surface area contributed by atoms with Crippen LogP contribution in [0.4, 0.5) is 11.5 Å². The van der Waals surface area contributed by atoms with Crippen LogP contribution in [0.2, 0.25) is 0 Å². The topological polar surface area (TPSA) is 87.3 Å². The van der Waals surface area contributed by atoms with Crippen LogP contribution in [0.15, 0.2) is 48.8 Å². The van der Waals surface area contributed by atoms with E-state index in [4.69, 9.17) is 5.73 Å². The van der Waals surface area contributed by atoms with Gasteiger partial charge >= 0.3 is 0 Å². The Morgan fingerprint density at radius 2 is 2.07 bits per heavy atom. The molecule has 1 aromatic heterocycles. The first-order chi connectivity index (χ1) is 13.1. The number of β-amino-alcohol motifs (C(OH)–C–C–N with tert-alkyl or cyclic N) is 1. The number of aromatic nitrogens is 2. The minimum Gasteiger partial charge on any atom is -0.390 e. The van der Waals surface area contributed by atoms with Crippen molar-refractivity contribution in [1.29, 1.82) is 0 Å². The first-order valence-electron chi connectivity index (χ1n) is 9.32. The molecular weight excluding hydrogens is 338 g/mol. The zero-order chi connectivity index (χ0) is 18.8. The third-order valence-electron chi connectivity index (χ3n) is 5.14. The summed E-state index contributed by atoms with van der Waals surface area (Å²) >= 11 is 0. The molecule has 1 saturated heterocycles. The van der Waals surface area contributed by atoms with Gasteiger partial charge in [-0.05, 0) is 42.7 Å². The zero-order valence-electron chi connectivity index (χ0n) is 15.5. The number of aliphatic hydroxyl groups excluding tert-OH is 1. The molecule has 6 nitrogen and oxygen atoms in total. The van der Waals surface area contributed by atoms with Crippen molar-refractivity contribution in [3.05, 3.63) is 59.9 Å². The van der Waals surface area contributed by atoms with E-state index in [1.165, 1.54) is 5.56 Å². The van der Waals surface area contributed by atoms with Crippen molar-refractivity contribution in [3.63, 3.8) is 0 Å². The van der Waals surface area contributed by atoms with Crippen molar-refractivity contribution in [2.75, 3.05) is 18.4 Å². The molecule has 0 spiro atoms. The normalized spacial score (nSPS) is 20.7. The van der Waals surface area contributed by atoms with Gasteiger partial charge in [0.2, 0.25) is 0 Å². The predicted molar refractivity (Wildman–Crippen MR) is 108 cm³/mol. The van der Waals surface area contributed by atoms with Gasteiger partial charge in [-0.15, -0.1) is 0 Å². The van der Waals surface area contributed by atoms with Crippen LogP contribution in [0.25, 0.3) is 10.9 Å². The van der Waals surface area contributed by atoms with Gasteiger partial charge in [-0.2, -0.15) is 0 Å². The van der Waals surface area contributed by atoms with Crippen molar-refractivity contribution < 1.29 is 5.11 Å². The Hall–Kier alpha value is -2.54. The summed E-state index contributed by atoms with van der Waals surface area (Å²) in [6.07, 6.45) is 1.92. The predicted octanol–water partition coefficient (Wildman–Crippen LogP) is 2.58. The van der Waals surface area contributed by atoms with Crippen LogP contribution >= 0.6 is 0 Å². The summed E-state index contributed by atoms with van der Waals surface area (Å²) in [5, 5.41) is 14.6. The highest BCUT2D eigenvalue weighted by molar-refractivity contribution is 5.93. The third kappa shape index (κ3) is 3.93. The monoisotopic (exact) mass is 363 g/mol. The highest BCUT2D eigenvalue weighted by Crippen LogP contribution is 2.28. The highest BCUT2D eigenvalue weighted by atomic mass is 16.3. The van der Waals surface area contributed by atoms with Crippen LogP contribution in [0, 0.1) is 6.92 Å². The van der Waals surface area contributed by atoms with Crippen LogP contribution < -0.4 is 11.1 Å².